The van der Waals surface area contributed by atoms with Gasteiger partial charge in [0, 0.05) is 30.5 Å². The molecule has 9 heteroatoms. The zero-order valence-corrected chi connectivity index (χ0v) is 16.5. The first-order valence-electron chi connectivity index (χ1n) is 9.20. The molecule has 29 heavy (non-hydrogen) atoms. The van der Waals surface area contributed by atoms with Gasteiger partial charge in [0.1, 0.15) is 11.3 Å². The van der Waals surface area contributed by atoms with Gasteiger partial charge in [-0.1, -0.05) is 36.2 Å². The van der Waals surface area contributed by atoms with Crippen LogP contribution in [0.2, 0.25) is 0 Å². The van der Waals surface area contributed by atoms with Crippen LogP contribution < -0.4 is 5.32 Å². The van der Waals surface area contributed by atoms with E-state index in [0.29, 0.717) is 23.1 Å². The third-order valence-corrected chi connectivity index (χ3v) is 5.37. The summed E-state index contributed by atoms with van der Waals surface area (Å²) >= 11 is 4.27. The van der Waals surface area contributed by atoms with Crippen molar-refractivity contribution in [2.75, 3.05) is 18.4 Å². The highest BCUT2D eigenvalue weighted by Crippen LogP contribution is 2.29. The maximum atomic E-state index is 12.8. The Kier molecular flexibility index (Phi) is 4.33. The van der Waals surface area contributed by atoms with Gasteiger partial charge >= 0.3 is 0 Å². The first-order valence-corrected chi connectivity index (χ1v) is 9.60. The molecule has 8 nitrogen and oxygen atoms in total. The van der Waals surface area contributed by atoms with Crippen molar-refractivity contribution in [2.45, 2.75) is 12.8 Å². The molecule has 5 rings (SSSR count). The number of carbonyl (C=O) groups is 1. The Morgan fingerprint density at radius 1 is 1.28 bits per heavy atom. The molecule has 4 aromatic rings. The van der Waals surface area contributed by atoms with E-state index in [0.717, 1.165) is 29.9 Å². The minimum Gasteiger partial charge on any atom is -0.339 e. The Balaban J connectivity index is 1.40. The number of pyridine rings is 1. The molecule has 0 aliphatic carbocycles. The smallest absolute Gasteiger partial charge is 0.274 e. The molecule has 146 valence electrons. The molecule has 1 aliphatic heterocycles. The number of imidazole rings is 1. The van der Waals surface area contributed by atoms with Crippen LogP contribution >= 0.6 is 12.8 Å². The average Bonchev–Trinajstić information content (AvgIpc) is 3.34. The number of fused-ring (bicyclic) bond motifs is 1. The van der Waals surface area contributed by atoms with Crippen LogP contribution in [0.25, 0.3) is 17.0 Å². The highest BCUT2D eigenvalue weighted by molar-refractivity contribution is 7.77. The van der Waals surface area contributed by atoms with Crippen molar-refractivity contribution in [3.05, 3.63) is 65.9 Å². The highest BCUT2D eigenvalue weighted by atomic mass is 32.1. The van der Waals surface area contributed by atoms with Crippen LogP contribution in [0, 0.1) is 6.92 Å². The summed E-state index contributed by atoms with van der Waals surface area (Å²) in [5, 5.41) is 7.07. The molecular weight excluding hydrogens is 388 g/mol. The van der Waals surface area contributed by atoms with Gasteiger partial charge in [0.15, 0.2) is 0 Å². The molecule has 0 saturated carbocycles. The van der Waals surface area contributed by atoms with E-state index in [4.69, 9.17) is 4.52 Å². The zero-order chi connectivity index (χ0) is 20.0. The number of carbonyl (C=O) groups excluding carboxylic acids is 1. The van der Waals surface area contributed by atoms with E-state index in [1.54, 1.807) is 10.6 Å². The topological polar surface area (TPSA) is 88.6 Å². The maximum Gasteiger partial charge on any atom is 0.274 e. The summed E-state index contributed by atoms with van der Waals surface area (Å²) in [4.78, 5) is 21.6. The van der Waals surface area contributed by atoms with Gasteiger partial charge in [0.2, 0.25) is 11.7 Å². The van der Waals surface area contributed by atoms with Crippen molar-refractivity contribution in [3.63, 3.8) is 0 Å². The molecule has 1 amide bonds. The fraction of sp³-hybridized carbons (Fsp3) is 0.200. The Morgan fingerprint density at radius 2 is 2.14 bits per heavy atom. The number of anilines is 1. The molecule has 0 bridgehead atoms. The quantitative estimate of drug-likeness (QED) is 0.506. The number of hydrogen-bond acceptors (Lipinski definition) is 7. The predicted octanol–water partition coefficient (Wildman–Crippen LogP) is 3.19. The van der Waals surface area contributed by atoms with Gasteiger partial charge in [-0.15, -0.1) is 0 Å². The number of nitrogens with zero attached hydrogens (tertiary/aromatic N) is 5. The maximum absolute atomic E-state index is 12.8. The number of benzene rings is 1. The third-order valence-electron chi connectivity index (χ3n) is 5.05. The van der Waals surface area contributed by atoms with Gasteiger partial charge in [0.05, 0.1) is 12.1 Å². The lowest BCUT2D eigenvalue weighted by molar-refractivity contribution is 0.102. The van der Waals surface area contributed by atoms with Crippen LogP contribution in [-0.2, 0) is 0 Å². The molecule has 3 aromatic heterocycles. The van der Waals surface area contributed by atoms with Crippen LogP contribution in [0.5, 0.6) is 0 Å². The fourth-order valence-corrected chi connectivity index (χ4v) is 3.71. The number of aryl methyl sites for hydroxylation is 1. The molecule has 0 radical (unpaired) electrons. The average molecular weight is 406 g/mol. The number of aromatic nitrogens is 4. The van der Waals surface area contributed by atoms with Crippen molar-refractivity contribution in [1.29, 1.82) is 0 Å². The molecule has 1 saturated heterocycles. The normalized spacial score (nSPS) is 14.8. The second-order valence-corrected chi connectivity index (χ2v) is 7.65. The molecule has 0 unspecified atom stereocenters. The van der Waals surface area contributed by atoms with E-state index in [-0.39, 0.29) is 11.8 Å². The van der Waals surface area contributed by atoms with Crippen LogP contribution in [-0.4, -0.2) is 42.8 Å². The standard InChI is InChI=1S/C20H18N6O2S/c1-12-5-6-13(18-23-20(28-24-18)14-10-25(29)11-14)8-15(12)22-19(27)16-9-21-17-4-2-3-7-26(16)17/h2-9,14,29H,10-11H2,1H3,(H,22,27). The van der Waals surface area contributed by atoms with E-state index >= 15 is 0 Å². The highest BCUT2D eigenvalue weighted by Gasteiger charge is 2.31. The number of nitrogens with one attached hydrogen (secondary N) is 1. The van der Waals surface area contributed by atoms with E-state index in [2.05, 4.69) is 33.3 Å². The lowest BCUT2D eigenvalue weighted by atomic mass is 10.0. The van der Waals surface area contributed by atoms with Crippen LogP contribution in [0.15, 0.2) is 53.3 Å². The minimum atomic E-state index is -0.235. The summed E-state index contributed by atoms with van der Waals surface area (Å²) in [5.74, 6) is 1.10. The first-order chi connectivity index (χ1) is 14.1. The van der Waals surface area contributed by atoms with Gasteiger partial charge in [-0.25, -0.2) is 4.98 Å². The SMILES string of the molecule is Cc1ccc(-c2noc(C3CN(S)C3)n2)cc1NC(=O)c1cnc2ccccn12. The third kappa shape index (κ3) is 3.28. The van der Waals surface area contributed by atoms with Gasteiger partial charge in [-0.3, -0.25) is 13.5 Å². The predicted molar refractivity (Wildman–Crippen MR) is 111 cm³/mol. The van der Waals surface area contributed by atoms with E-state index < -0.39 is 0 Å². The summed E-state index contributed by atoms with van der Waals surface area (Å²) < 4.78 is 9.06. The van der Waals surface area contributed by atoms with Crippen molar-refractivity contribution in [2.24, 2.45) is 0 Å². The van der Waals surface area contributed by atoms with E-state index in [1.165, 1.54) is 0 Å². The Hall–Kier alpha value is -3.17. The van der Waals surface area contributed by atoms with Gasteiger partial charge in [-0.2, -0.15) is 4.98 Å². The molecule has 1 aliphatic rings. The van der Waals surface area contributed by atoms with Crippen LogP contribution in [0.1, 0.15) is 27.9 Å². The van der Waals surface area contributed by atoms with E-state index in [9.17, 15) is 4.79 Å². The molecule has 0 atom stereocenters. The number of amides is 1. The lowest BCUT2D eigenvalue weighted by Gasteiger charge is -2.31. The Morgan fingerprint density at radius 3 is 2.97 bits per heavy atom. The lowest BCUT2D eigenvalue weighted by Crippen LogP contribution is -2.38. The second-order valence-electron chi connectivity index (χ2n) is 7.08. The van der Waals surface area contributed by atoms with Crippen molar-refractivity contribution >= 4 is 30.1 Å². The minimum absolute atomic E-state index is 0.216. The number of hydrogen-bond donors (Lipinski definition) is 2. The van der Waals surface area contributed by atoms with Gasteiger partial charge < -0.3 is 9.84 Å². The van der Waals surface area contributed by atoms with Crippen LogP contribution in [0.3, 0.4) is 0 Å². The summed E-state index contributed by atoms with van der Waals surface area (Å²) in [6.07, 6.45) is 3.38. The fourth-order valence-electron chi connectivity index (χ4n) is 3.31. The van der Waals surface area contributed by atoms with Crippen molar-refractivity contribution in [1.82, 2.24) is 23.8 Å². The van der Waals surface area contributed by atoms with Gasteiger partial charge in [0.25, 0.3) is 5.91 Å². The molecular formula is C20H18N6O2S. The molecule has 1 fully saturated rings. The summed E-state index contributed by atoms with van der Waals surface area (Å²) in [5.41, 5.74) is 3.59. The Bertz CT molecular complexity index is 1210. The summed E-state index contributed by atoms with van der Waals surface area (Å²) in [7, 11) is 0. The monoisotopic (exact) mass is 406 g/mol. The molecule has 0 spiro atoms. The molecule has 1 aromatic carbocycles. The van der Waals surface area contributed by atoms with Gasteiger partial charge in [-0.05, 0) is 30.7 Å². The molecule has 1 N–H and O–H groups in total. The largest absolute Gasteiger partial charge is 0.339 e. The second kappa shape index (κ2) is 7.02. The number of thiol groups is 1. The molecule has 4 heterocycles. The van der Waals surface area contributed by atoms with Crippen LogP contribution in [0.4, 0.5) is 5.69 Å². The Labute approximate surface area is 172 Å². The van der Waals surface area contributed by atoms with E-state index in [1.807, 2.05) is 53.8 Å². The summed E-state index contributed by atoms with van der Waals surface area (Å²) in [6.45, 7) is 3.52. The first kappa shape index (κ1) is 17.9. The van der Waals surface area contributed by atoms with Crippen molar-refractivity contribution in [3.8, 4) is 11.4 Å². The van der Waals surface area contributed by atoms with Crippen molar-refractivity contribution < 1.29 is 9.32 Å². The number of rotatable bonds is 4. The zero-order valence-electron chi connectivity index (χ0n) is 15.6. The summed E-state index contributed by atoms with van der Waals surface area (Å²) in [6, 6.07) is 11.3.